The highest BCUT2D eigenvalue weighted by molar-refractivity contribution is 7.80. The fourth-order valence-electron chi connectivity index (χ4n) is 2.55. The molecule has 1 aromatic rings. The third-order valence-electron chi connectivity index (χ3n) is 4.09. The topological polar surface area (TPSA) is 77.9 Å². The third kappa shape index (κ3) is 3.34. The smallest absolute Gasteiger partial charge is 0.329 e. The van der Waals surface area contributed by atoms with Gasteiger partial charge in [-0.05, 0) is 25.8 Å². The minimum Gasteiger partial charge on any atom is -0.480 e. The van der Waals surface area contributed by atoms with E-state index in [4.69, 9.17) is 0 Å². The van der Waals surface area contributed by atoms with Crippen molar-refractivity contribution in [2.45, 2.75) is 31.8 Å². The van der Waals surface area contributed by atoms with Gasteiger partial charge in [0.05, 0.1) is 6.04 Å². The van der Waals surface area contributed by atoms with E-state index < -0.39 is 23.6 Å². The van der Waals surface area contributed by atoms with Crippen molar-refractivity contribution in [2.75, 3.05) is 12.3 Å². The Kier molecular flexibility index (Phi) is 4.99. The van der Waals surface area contributed by atoms with Gasteiger partial charge in [-0.2, -0.15) is 12.6 Å². The quantitative estimate of drug-likeness (QED) is 0.612. The second-order valence-corrected chi connectivity index (χ2v) is 6.39. The summed E-state index contributed by atoms with van der Waals surface area (Å²) < 4.78 is 0. The lowest BCUT2D eigenvalue weighted by Crippen LogP contribution is -2.53. The average molecular weight is 336 g/mol. The maximum Gasteiger partial charge on any atom is 0.329 e. The van der Waals surface area contributed by atoms with E-state index in [0.29, 0.717) is 12.2 Å². The molecule has 1 heterocycles. The SMILES string of the molecule is CC(C)(C(=O)O)N1CC(=O)N(C(CS)Cc2ccccc2)C1=O. The zero-order valence-corrected chi connectivity index (χ0v) is 14.0. The molecular weight excluding hydrogens is 316 g/mol. The number of carbonyl (C=O) groups is 3. The molecule has 1 unspecified atom stereocenters. The molecule has 1 aliphatic rings. The van der Waals surface area contributed by atoms with E-state index in [1.165, 1.54) is 13.8 Å². The van der Waals surface area contributed by atoms with Gasteiger partial charge in [-0.15, -0.1) is 0 Å². The average Bonchev–Trinajstić information content (AvgIpc) is 2.81. The van der Waals surface area contributed by atoms with Crippen molar-refractivity contribution in [3.8, 4) is 0 Å². The van der Waals surface area contributed by atoms with Gasteiger partial charge < -0.3 is 5.11 Å². The van der Waals surface area contributed by atoms with Gasteiger partial charge in [-0.1, -0.05) is 30.3 Å². The molecule has 1 aromatic carbocycles. The van der Waals surface area contributed by atoms with E-state index in [9.17, 15) is 19.5 Å². The number of imide groups is 1. The van der Waals surface area contributed by atoms with E-state index in [2.05, 4.69) is 12.6 Å². The number of amides is 3. The molecule has 1 N–H and O–H groups in total. The summed E-state index contributed by atoms with van der Waals surface area (Å²) >= 11 is 4.26. The minimum atomic E-state index is -1.44. The maximum absolute atomic E-state index is 12.6. The Hall–Kier alpha value is -2.02. The molecule has 0 saturated carbocycles. The Morgan fingerprint density at radius 2 is 1.91 bits per heavy atom. The fourth-order valence-corrected chi connectivity index (χ4v) is 2.84. The Balaban J connectivity index is 2.23. The number of aliphatic carboxylic acids is 1. The molecule has 1 aliphatic heterocycles. The summed E-state index contributed by atoms with van der Waals surface area (Å²) in [5.74, 6) is -1.22. The summed E-state index contributed by atoms with van der Waals surface area (Å²) in [7, 11) is 0. The highest BCUT2D eigenvalue weighted by atomic mass is 32.1. The predicted octanol–water partition coefficient (Wildman–Crippen LogP) is 1.65. The van der Waals surface area contributed by atoms with Gasteiger partial charge in [0.15, 0.2) is 0 Å². The van der Waals surface area contributed by atoms with E-state index in [1.807, 2.05) is 30.3 Å². The fraction of sp³-hybridized carbons (Fsp3) is 0.438. The number of carboxylic acids is 1. The summed E-state index contributed by atoms with van der Waals surface area (Å²) in [5.41, 5.74) is -0.446. The van der Waals surface area contributed by atoms with Crippen molar-refractivity contribution < 1.29 is 19.5 Å². The Bertz CT molecular complexity index is 618. The molecule has 3 amide bonds. The van der Waals surface area contributed by atoms with Gasteiger partial charge >= 0.3 is 12.0 Å². The summed E-state index contributed by atoms with van der Waals surface area (Å²) in [6.07, 6.45) is 0.489. The van der Waals surface area contributed by atoms with E-state index in [-0.39, 0.29) is 12.5 Å². The van der Waals surface area contributed by atoms with E-state index in [0.717, 1.165) is 15.4 Å². The molecule has 0 spiro atoms. The van der Waals surface area contributed by atoms with Gasteiger partial charge in [-0.25, -0.2) is 9.59 Å². The minimum absolute atomic E-state index is 0.225. The maximum atomic E-state index is 12.6. The van der Waals surface area contributed by atoms with Gasteiger partial charge in [-0.3, -0.25) is 14.6 Å². The molecular formula is C16H20N2O4S. The first-order chi connectivity index (χ1) is 10.8. The van der Waals surface area contributed by atoms with Crippen molar-refractivity contribution in [3.63, 3.8) is 0 Å². The first-order valence-electron chi connectivity index (χ1n) is 7.31. The van der Waals surface area contributed by atoms with Crippen LogP contribution in [0.3, 0.4) is 0 Å². The highest BCUT2D eigenvalue weighted by Crippen LogP contribution is 2.25. The number of hydrogen-bond acceptors (Lipinski definition) is 4. The first kappa shape index (κ1) is 17.3. The zero-order chi connectivity index (χ0) is 17.2. The molecule has 1 atom stereocenters. The van der Waals surface area contributed by atoms with Crippen LogP contribution >= 0.6 is 12.6 Å². The molecule has 0 radical (unpaired) electrons. The molecule has 1 saturated heterocycles. The number of urea groups is 1. The molecule has 0 bridgehead atoms. The Morgan fingerprint density at radius 3 is 2.43 bits per heavy atom. The zero-order valence-electron chi connectivity index (χ0n) is 13.1. The van der Waals surface area contributed by atoms with Gasteiger partial charge in [0.1, 0.15) is 12.1 Å². The van der Waals surface area contributed by atoms with Crippen LogP contribution < -0.4 is 0 Å². The Labute approximate surface area is 140 Å². The van der Waals surface area contributed by atoms with E-state index in [1.54, 1.807) is 0 Å². The second kappa shape index (κ2) is 6.62. The lowest BCUT2D eigenvalue weighted by atomic mass is 10.0. The lowest BCUT2D eigenvalue weighted by Gasteiger charge is -2.31. The summed E-state index contributed by atoms with van der Waals surface area (Å²) in [5, 5.41) is 9.28. The van der Waals surface area contributed by atoms with Crippen molar-refractivity contribution >= 4 is 30.5 Å². The van der Waals surface area contributed by atoms with Crippen LogP contribution in [-0.4, -0.2) is 56.7 Å². The Morgan fingerprint density at radius 1 is 1.30 bits per heavy atom. The first-order valence-corrected chi connectivity index (χ1v) is 7.94. The highest BCUT2D eigenvalue weighted by Gasteiger charge is 2.49. The normalized spacial score (nSPS) is 16.8. The van der Waals surface area contributed by atoms with Crippen LogP contribution in [0, 0.1) is 0 Å². The third-order valence-corrected chi connectivity index (χ3v) is 4.51. The number of carboxylic acid groups (broad SMARTS) is 1. The van der Waals surface area contributed by atoms with Crippen molar-refractivity contribution in [1.29, 1.82) is 0 Å². The number of hydrogen-bond donors (Lipinski definition) is 2. The number of carbonyl (C=O) groups excluding carboxylic acids is 2. The van der Waals surface area contributed by atoms with Crippen LogP contribution in [0.4, 0.5) is 4.79 Å². The van der Waals surface area contributed by atoms with Crippen LogP contribution in [0.2, 0.25) is 0 Å². The van der Waals surface area contributed by atoms with Crippen LogP contribution in [0.5, 0.6) is 0 Å². The van der Waals surface area contributed by atoms with Crippen LogP contribution in [0.25, 0.3) is 0 Å². The van der Waals surface area contributed by atoms with Crippen LogP contribution in [0.1, 0.15) is 19.4 Å². The second-order valence-electron chi connectivity index (χ2n) is 6.02. The molecule has 0 aliphatic carbocycles. The van der Waals surface area contributed by atoms with Crippen LogP contribution in [-0.2, 0) is 16.0 Å². The van der Waals surface area contributed by atoms with Crippen molar-refractivity contribution in [1.82, 2.24) is 9.80 Å². The van der Waals surface area contributed by atoms with E-state index >= 15 is 0 Å². The van der Waals surface area contributed by atoms with Gasteiger partial charge in [0, 0.05) is 5.75 Å². The molecule has 1 fully saturated rings. The number of benzene rings is 1. The molecule has 6 nitrogen and oxygen atoms in total. The summed E-state index contributed by atoms with van der Waals surface area (Å²) in [6, 6.07) is 8.52. The number of rotatable bonds is 6. The summed E-state index contributed by atoms with van der Waals surface area (Å²) in [4.78, 5) is 38.5. The molecule has 23 heavy (non-hydrogen) atoms. The van der Waals surface area contributed by atoms with Crippen molar-refractivity contribution in [2.24, 2.45) is 0 Å². The molecule has 7 heteroatoms. The number of nitrogens with zero attached hydrogens (tertiary/aromatic N) is 2. The molecule has 2 rings (SSSR count). The largest absolute Gasteiger partial charge is 0.480 e. The lowest BCUT2D eigenvalue weighted by molar-refractivity contribution is -0.147. The van der Waals surface area contributed by atoms with Gasteiger partial charge in [0.25, 0.3) is 5.91 Å². The molecule has 124 valence electrons. The summed E-state index contributed by atoms with van der Waals surface area (Å²) in [6.45, 7) is 2.60. The predicted molar refractivity (Wildman–Crippen MR) is 88.4 cm³/mol. The molecule has 0 aromatic heterocycles. The van der Waals surface area contributed by atoms with Crippen molar-refractivity contribution in [3.05, 3.63) is 35.9 Å². The van der Waals surface area contributed by atoms with Gasteiger partial charge in [0.2, 0.25) is 0 Å². The monoisotopic (exact) mass is 336 g/mol. The number of thiol groups is 1. The standard InChI is InChI=1S/C16H20N2O4S/c1-16(2,14(20)21)17-9-13(19)18(15(17)22)12(10-23)8-11-6-4-3-5-7-11/h3-7,12,23H,8-10H2,1-2H3,(H,20,21). The van der Waals surface area contributed by atoms with Crippen LogP contribution in [0.15, 0.2) is 30.3 Å².